The SMILES string of the molecule is Cc1ccc(-n2cc3cn[nH]c(=O)c3n2)cc1. The first-order valence-electron chi connectivity index (χ1n) is 5.24. The zero-order valence-electron chi connectivity index (χ0n) is 9.21. The number of hydrogen-bond donors (Lipinski definition) is 1. The molecule has 0 atom stereocenters. The van der Waals surface area contributed by atoms with Gasteiger partial charge < -0.3 is 0 Å². The summed E-state index contributed by atoms with van der Waals surface area (Å²) >= 11 is 0. The molecule has 0 fully saturated rings. The quantitative estimate of drug-likeness (QED) is 0.682. The maximum absolute atomic E-state index is 11.5. The summed E-state index contributed by atoms with van der Waals surface area (Å²) in [6.45, 7) is 2.03. The van der Waals surface area contributed by atoms with Gasteiger partial charge in [-0.05, 0) is 19.1 Å². The molecule has 0 aliphatic heterocycles. The standard InChI is InChI=1S/C12H10N4O/c1-8-2-4-10(5-3-8)16-7-9-6-13-14-12(17)11(9)15-16/h2-7H,1H3,(H,14,17). The largest absolute Gasteiger partial charge is 0.292 e. The van der Waals surface area contributed by atoms with E-state index in [1.807, 2.05) is 31.2 Å². The molecule has 2 aromatic heterocycles. The van der Waals surface area contributed by atoms with Crippen LogP contribution in [-0.4, -0.2) is 20.0 Å². The Hall–Kier alpha value is -2.43. The minimum Gasteiger partial charge on any atom is -0.265 e. The number of nitrogens with zero attached hydrogens (tertiary/aromatic N) is 3. The van der Waals surface area contributed by atoms with E-state index in [9.17, 15) is 4.79 Å². The molecule has 0 saturated heterocycles. The summed E-state index contributed by atoms with van der Waals surface area (Å²) < 4.78 is 1.68. The highest BCUT2D eigenvalue weighted by molar-refractivity contribution is 5.76. The number of benzene rings is 1. The molecule has 17 heavy (non-hydrogen) atoms. The first-order chi connectivity index (χ1) is 8.24. The van der Waals surface area contributed by atoms with Crippen molar-refractivity contribution in [3.05, 3.63) is 52.6 Å². The van der Waals surface area contributed by atoms with Crippen LogP contribution in [0.5, 0.6) is 0 Å². The lowest BCUT2D eigenvalue weighted by atomic mass is 10.2. The molecule has 0 aliphatic rings. The van der Waals surface area contributed by atoms with Crippen LogP contribution in [0.2, 0.25) is 0 Å². The van der Waals surface area contributed by atoms with E-state index in [2.05, 4.69) is 15.3 Å². The number of aryl methyl sites for hydroxylation is 1. The van der Waals surface area contributed by atoms with Crippen molar-refractivity contribution in [2.24, 2.45) is 0 Å². The van der Waals surface area contributed by atoms with E-state index < -0.39 is 0 Å². The second-order valence-electron chi connectivity index (χ2n) is 3.91. The van der Waals surface area contributed by atoms with Gasteiger partial charge in [0.25, 0.3) is 5.56 Å². The molecule has 0 bridgehead atoms. The van der Waals surface area contributed by atoms with Crippen LogP contribution >= 0.6 is 0 Å². The molecule has 2 heterocycles. The second-order valence-corrected chi connectivity index (χ2v) is 3.91. The summed E-state index contributed by atoms with van der Waals surface area (Å²) in [5.41, 5.74) is 2.24. The summed E-state index contributed by atoms with van der Waals surface area (Å²) in [6, 6.07) is 7.93. The Kier molecular flexibility index (Phi) is 2.04. The van der Waals surface area contributed by atoms with Crippen LogP contribution in [0.1, 0.15) is 5.56 Å². The minimum absolute atomic E-state index is 0.270. The molecular weight excluding hydrogens is 216 g/mol. The van der Waals surface area contributed by atoms with E-state index in [1.165, 1.54) is 5.56 Å². The topological polar surface area (TPSA) is 63.6 Å². The van der Waals surface area contributed by atoms with Crippen LogP contribution in [0.15, 0.2) is 41.5 Å². The highest BCUT2D eigenvalue weighted by atomic mass is 16.1. The van der Waals surface area contributed by atoms with Crippen molar-refractivity contribution >= 4 is 10.9 Å². The van der Waals surface area contributed by atoms with Gasteiger partial charge in [0.1, 0.15) is 0 Å². The molecule has 1 aromatic carbocycles. The molecule has 84 valence electrons. The van der Waals surface area contributed by atoms with E-state index in [-0.39, 0.29) is 5.56 Å². The Morgan fingerprint density at radius 2 is 2.00 bits per heavy atom. The van der Waals surface area contributed by atoms with Crippen molar-refractivity contribution in [2.75, 3.05) is 0 Å². The molecule has 5 heteroatoms. The molecule has 0 aliphatic carbocycles. The van der Waals surface area contributed by atoms with Gasteiger partial charge in [0, 0.05) is 11.6 Å². The fourth-order valence-corrected chi connectivity index (χ4v) is 1.70. The number of aromatic nitrogens is 4. The van der Waals surface area contributed by atoms with Gasteiger partial charge in [0.05, 0.1) is 11.9 Å². The van der Waals surface area contributed by atoms with Crippen LogP contribution < -0.4 is 5.56 Å². The smallest absolute Gasteiger partial charge is 0.265 e. The predicted molar refractivity (Wildman–Crippen MR) is 64.2 cm³/mol. The molecule has 1 N–H and O–H groups in total. The lowest BCUT2D eigenvalue weighted by Crippen LogP contribution is -2.07. The number of nitrogens with one attached hydrogen (secondary N) is 1. The van der Waals surface area contributed by atoms with Crippen molar-refractivity contribution in [3.8, 4) is 5.69 Å². The maximum atomic E-state index is 11.5. The van der Waals surface area contributed by atoms with Crippen molar-refractivity contribution in [1.82, 2.24) is 20.0 Å². The average molecular weight is 226 g/mol. The van der Waals surface area contributed by atoms with Crippen molar-refractivity contribution < 1.29 is 0 Å². The molecule has 0 spiro atoms. The first kappa shape index (κ1) is 9.77. The van der Waals surface area contributed by atoms with Gasteiger partial charge in [-0.3, -0.25) is 4.79 Å². The van der Waals surface area contributed by atoms with Crippen LogP contribution in [0.3, 0.4) is 0 Å². The van der Waals surface area contributed by atoms with Gasteiger partial charge in [-0.25, -0.2) is 9.78 Å². The summed E-state index contributed by atoms with van der Waals surface area (Å²) in [5, 5.41) is 11.1. The van der Waals surface area contributed by atoms with E-state index in [0.717, 1.165) is 11.1 Å². The maximum Gasteiger partial charge on any atom is 0.292 e. The minimum atomic E-state index is -0.270. The zero-order valence-corrected chi connectivity index (χ0v) is 9.21. The van der Waals surface area contributed by atoms with Crippen LogP contribution in [-0.2, 0) is 0 Å². The number of rotatable bonds is 1. The lowest BCUT2D eigenvalue weighted by molar-refractivity contribution is 0.890. The van der Waals surface area contributed by atoms with Crippen molar-refractivity contribution in [1.29, 1.82) is 0 Å². The van der Waals surface area contributed by atoms with E-state index >= 15 is 0 Å². The fraction of sp³-hybridized carbons (Fsp3) is 0.0833. The Morgan fingerprint density at radius 3 is 2.71 bits per heavy atom. The van der Waals surface area contributed by atoms with Gasteiger partial charge in [-0.2, -0.15) is 10.2 Å². The second kappa shape index (κ2) is 3.55. The normalized spacial score (nSPS) is 10.9. The van der Waals surface area contributed by atoms with Crippen LogP contribution in [0.4, 0.5) is 0 Å². The number of fused-ring (bicyclic) bond motifs is 1. The third kappa shape index (κ3) is 1.61. The Balaban J connectivity index is 2.21. The highest BCUT2D eigenvalue weighted by Crippen LogP contribution is 2.12. The zero-order chi connectivity index (χ0) is 11.8. The van der Waals surface area contributed by atoms with E-state index in [0.29, 0.717) is 5.52 Å². The molecule has 0 saturated carbocycles. The monoisotopic (exact) mass is 226 g/mol. The van der Waals surface area contributed by atoms with Gasteiger partial charge in [0.2, 0.25) is 0 Å². The van der Waals surface area contributed by atoms with Crippen molar-refractivity contribution in [2.45, 2.75) is 6.92 Å². The van der Waals surface area contributed by atoms with Gasteiger partial charge >= 0.3 is 0 Å². The molecule has 0 amide bonds. The van der Waals surface area contributed by atoms with Gasteiger partial charge in [0.15, 0.2) is 5.52 Å². The first-order valence-corrected chi connectivity index (χ1v) is 5.24. The van der Waals surface area contributed by atoms with Crippen LogP contribution in [0, 0.1) is 6.92 Å². The molecule has 3 aromatic rings. The molecular formula is C12H10N4O. The number of hydrogen-bond acceptors (Lipinski definition) is 3. The number of aromatic amines is 1. The molecule has 5 nitrogen and oxygen atoms in total. The van der Waals surface area contributed by atoms with E-state index in [1.54, 1.807) is 17.1 Å². The third-order valence-corrected chi connectivity index (χ3v) is 2.63. The predicted octanol–water partition coefficient (Wildman–Crippen LogP) is 1.42. The summed E-state index contributed by atoms with van der Waals surface area (Å²) in [7, 11) is 0. The highest BCUT2D eigenvalue weighted by Gasteiger charge is 2.05. The van der Waals surface area contributed by atoms with Gasteiger partial charge in [-0.15, -0.1) is 0 Å². The van der Waals surface area contributed by atoms with Crippen molar-refractivity contribution in [3.63, 3.8) is 0 Å². The Labute approximate surface area is 96.7 Å². The molecule has 0 radical (unpaired) electrons. The summed E-state index contributed by atoms with van der Waals surface area (Å²) in [4.78, 5) is 11.5. The lowest BCUT2D eigenvalue weighted by Gasteiger charge is -2.00. The average Bonchev–Trinajstić information content (AvgIpc) is 2.75. The fourth-order valence-electron chi connectivity index (χ4n) is 1.70. The van der Waals surface area contributed by atoms with Crippen LogP contribution in [0.25, 0.3) is 16.6 Å². The van der Waals surface area contributed by atoms with E-state index in [4.69, 9.17) is 0 Å². The molecule has 0 unspecified atom stereocenters. The number of H-pyrrole nitrogens is 1. The summed E-state index contributed by atoms with van der Waals surface area (Å²) in [6.07, 6.45) is 3.39. The third-order valence-electron chi connectivity index (χ3n) is 2.63. The summed E-state index contributed by atoms with van der Waals surface area (Å²) in [5.74, 6) is 0. The van der Waals surface area contributed by atoms with Gasteiger partial charge in [-0.1, -0.05) is 17.7 Å². The Morgan fingerprint density at radius 1 is 1.24 bits per heavy atom. The molecule has 3 rings (SSSR count). The Bertz CT molecular complexity index is 724.